The van der Waals surface area contributed by atoms with E-state index >= 15 is 0 Å². The summed E-state index contributed by atoms with van der Waals surface area (Å²) >= 11 is 0. The molecule has 0 radical (unpaired) electrons. The van der Waals surface area contributed by atoms with Crippen molar-refractivity contribution >= 4 is 22.9 Å². The van der Waals surface area contributed by atoms with E-state index in [0.29, 0.717) is 13.2 Å². The number of aryl methyl sites for hydroxylation is 1. The Labute approximate surface area is 212 Å². The third-order valence-corrected chi connectivity index (χ3v) is 6.91. The van der Waals surface area contributed by atoms with Gasteiger partial charge in [-0.15, -0.1) is 0 Å². The van der Waals surface area contributed by atoms with Gasteiger partial charge in [0.2, 0.25) is 11.9 Å². The van der Waals surface area contributed by atoms with Gasteiger partial charge in [0.25, 0.3) is 0 Å². The zero-order valence-electron chi connectivity index (χ0n) is 21.1. The van der Waals surface area contributed by atoms with Gasteiger partial charge in [0.1, 0.15) is 5.75 Å². The number of ether oxygens (including phenoxy) is 1. The Morgan fingerprint density at radius 3 is 2.53 bits per heavy atom. The van der Waals surface area contributed by atoms with Crippen LogP contribution in [-0.4, -0.2) is 35.2 Å². The quantitative estimate of drug-likeness (QED) is 0.369. The fraction of sp³-hybridized carbons (Fsp3) is 0.333. The van der Waals surface area contributed by atoms with Gasteiger partial charge in [0.15, 0.2) is 0 Å². The molecule has 1 aliphatic rings. The van der Waals surface area contributed by atoms with E-state index in [2.05, 4.69) is 64.2 Å². The standard InChI is InChI=1S/C30H34N4O2/c1-3-36-26-13-11-23(12-14-26)20-31-29(35)25-15-17-33(18-16-25)30-32-27-9-4-5-10-28(27)34(30)21-24-8-6-7-22(2)19-24/h4-14,19,25H,3,15-18,20-21H2,1-2H3,(H,31,35). The lowest BCUT2D eigenvalue weighted by Crippen LogP contribution is -2.41. The van der Waals surface area contributed by atoms with Crippen molar-refractivity contribution in [3.8, 4) is 5.75 Å². The number of nitrogens with zero attached hydrogens (tertiary/aromatic N) is 3. The topological polar surface area (TPSA) is 59.4 Å². The summed E-state index contributed by atoms with van der Waals surface area (Å²) in [6.07, 6.45) is 1.64. The summed E-state index contributed by atoms with van der Waals surface area (Å²) < 4.78 is 7.81. The van der Waals surface area contributed by atoms with Crippen LogP contribution in [0.4, 0.5) is 5.95 Å². The number of anilines is 1. The van der Waals surface area contributed by atoms with Gasteiger partial charge in [0, 0.05) is 25.6 Å². The minimum atomic E-state index is 0.0264. The Hall–Kier alpha value is -3.80. The Morgan fingerprint density at radius 2 is 1.78 bits per heavy atom. The Bertz CT molecular complexity index is 1320. The van der Waals surface area contributed by atoms with Crippen LogP contribution in [0.5, 0.6) is 5.75 Å². The van der Waals surface area contributed by atoms with Gasteiger partial charge in [-0.25, -0.2) is 4.98 Å². The van der Waals surface area contributed by atoms with Gasteiger partial charge in [-0.05, 0) is 62.1 Å². The lowest BCUT2D eigenvalue weighted by Gasteiger charge is -2.32. The van der Waals surface area contributed by atoms with Crippen LogP contribution in [0.3, 0.4) is 0 Å². The summed E-state index contributed by atoms with van der Waals surface area (Å²) in [5.41, 5.74) is 5.76. The molecule has 186 valence electrons. The predicted octanol–water partition coefficient (Wildman–Crippen LogP) is 5.32. The molecule has 0 saturated carbocycles. The fourth-order valence-corrected chi connectivity index (χ4v) is 5.00. The first kappa shape index (κ1) is 23.9. The van der Waals surface area contributed by atoms with E-state index in [0.717, 1.165) is 60.8 Å². The van der Waals surface area contributed by atoms with Crippen LogP contribution in [0.15, 0.2) is 72.8 Å². The van der Waals surface area contributed by atoms with Crippen LogP contribution >= 0.6 is 0 Å². The molecule has 3 aromatic carbocycles. The monoisotopic (exact) mass is 482 g/mol. The number of aromatic nitrogens is 2. The molecule has 0 aliphatic carbocycles. The Balaban J connectivity index is 1.23. The number of piperidine rings is 1. The third-order valence-electron chi connectivity index (χ3n) is 6.91. The molecular formula is C30H34N4O2. The van der Waals surface area contributed by atoms with Crippen molar-refractivity contribution in [2.45, 2.75) is 39.8 Å². The molecule has 2 heterocycles. The van der Waals surface area contributed by atoms with Crippen LogP contribution in [-0.2, 0) is 17.9 Å². The summed E-state index contributed by atoms with van der Waals surface area (Å²) in [4.78, 5) is 20.2. The second kappa shape index (κ2) is 10.9. The second-order valence-corrected chi connectivity index (χ2v) is 9.53. The maximum absolute atomic E-state index is 12.9. The smallest absolute Gasteiger partial charge is 0.223 e. The molecule has 1 aromatic heterocycles. The molecule has 1 aliphatic heterocycles. The van der Waals surface area contributed by atoms with Crippen molar-refractivity contribution in [1.82, 2.24) is 14.9 Å². The van der Waals surface area contributed by atoms with E-state index in [1.807, 2.05) is 37.3 Å². The number of carbonyl (C=O) groups excluding carboxylic acids is 1. The summed E-state index contributed by atoms with van der Waals surface area (Å²) in [6.45, 7) is 7.70. The van der Waals surface area contributed by atoms with Crippen LogP contribution in [0.2, 0.25) is 0 Å². The van der Waals surface area contributed by atoms with Crippen LogP contribution < -0.4 is 15.0 Å². The highest BCUT2D eigenvalue weighted by Gasteiger charge is 2.27. The fourth-order valence-electron chi connectivity index (χ4n) is 5.00. The third kappa shape index (κ3) is 5.38. The van der Waals surface area contributed by atoms with Gasteiger partial charge in [-0.1, -0.05) is 54.1 Å². The minimum absolute atomic E-state index is 0.0264. The normalized spacial score (nSPS) is 14.2. The molecule has 1 N–H and O–H groups in total. The molecular weight excluding hydrogens is 448 g/mol. The van der Waals surface area contributed by atoms with E-state index in [9.17, 15) is 4.79 Å². The molecule has 0 spiro atoms. The molecule has 0 atom stereocenters. The van der Waals surface area contributed by atoms with E-state index in [1.165, 1.54) is 11.1 Å². The lowest BCUT2D eigenvalue weighted by molar-refractivity contribution is -0.125. The van der Waals surface area contributed by atoms with Crippen molar-refractivity contribution in [2.75, 3.05) is 24.6 Å². The molecule has 0 unspecified atom stereocenters. The van der Waals surface area contributed by atoms with Gasteiger partial charge in [0.05, 0.1) is 24.2 Å². The zero-order valence-corrected chi connectivity index (χ0v) is 21.1. The number of carbonyl (C=O) groups is 1. The first-order chi connectivity index (χ1) is 17.6. The zero-order chi connectivity index (χ0) is 24.9. The van der Waals surface area contributed by atoms with E-state index < -0.39 is 0 Å². The highest BCUT2D eigenvalue weighted by molar-refractivity contribution is 5.80. The summed E-state index contributed by atoms with van der Waals surface area (Å²) in [5, 5.41) is 3.13. The molecule has 36 heavy (non-hydrogen) atoms. The summed E-state index contributed by atoms with van der Waals surface area (Å²) in [7, 11) is 0. The number of rotatable bonds is 8. The van der Waals surface area contributed by atoms with Crippen LogP contribution in [0.1, 0.15) is 36.5 Å². The van der Waals surface area contributed by atoms with Crippen LogP contribution in [0.25, 0.3) is 11.0 Å². The number of imidazole rings is 1. The van der Waals surface area contributed by atoms with Gasteiger partial charge in [-0.3, -0.25) is 4.79 Å². The number of nitrogens with one attached hydrogen (secondary N) is 1. The average molecular weight is 483 g/mol. The van der Waals surface area contributed by atoms with Gasteiger partial charge >= 0.3 is 0 Å². The van der Waals surface area contributed by atoms with E-state index in [-0.39, 0.29) is 11.8 Å². The summed E-state index contributed by atoms with van der Waals surface area (Å²) in [6, 6.07) is 24.9. The Morgan fingerprint density at radius 1 is 1.00 bits per heavy atom. The highest BCUT2D eigenvalue weighted by atomic mass is 16.5. The molecule has 6 heteroatoms. The molecule has 1 amide bonds. The van der Waals surface area contributed by atoms with Gasteiger partial charge in [-0.2, -0.15) is 0 Å². The number of benzene rings is 3. The molecule has 1 fully saturated rings. The highest BCUT2D eigenvalue weighted by Crippen LogP contribution is 2.28. The van der Waals surface area contributed by atoms with Crippen molar-refractivity contribution < 1.29 is 9.53 Å². The number of hydrogen-bond donors (Lipinski definition) is 1. The van der Waals surface area contributed by atoms with Crippen LogP contribution in [0, 0.1) is 12.8 Å². The SMILES string of the molecule is CCOc1ccc(CNC(=O)C2CCN(c3nc4ccccc4n3Cc3cccc(C)c3)CC2)cc1. The first-order valence-electron chi connectivity index (χ1n) is 12.9. The molecule has 0 bridgehead atoms. The van der Waals surface area contributed by atoms with Crippen molar-refractivity contribution in [3.05, 3.63) is 89.5 Å². The van der Waals surface area contributed by atoms with E-state index in [4.69, 9.17) is 9.72 Å². The number of amides is 1. The molecule has 1 saturated heterocycles. The first-order valence-corrected chi connectivity index (χ1v) is 12.9. The second-order valence-electron chi connectivity index (χ2n) is 9.53. The average Bonchev–Trinajstić information content (AvgIpc) is 3.26. The van der Waals surface area contributed by atoms with Crippen molar-refractivity contribution in [2.24, 2.45) is 5.92 Å². The predicted molar refractivity (Wildman–Crippen MR) is 144 cm³/mol. The van der Waals surface area contributed by atoms with Gasteiger partial charge < -0.3 is 19.5 Å². The lowest BCUT2D eigenvalue weighted by atomic mass is 9.96. The summed E-state index contributed by atoms with van der Waals surface area (Å²) in [5.74, 6) is 2.01. The van der Waals surface area contributed by atoms with E-state index in [1.54, 1.807) is 0 Å². The van der Waals surface area contributed by atoms with Crippen molar-refractivity contribution in [1.29, 1.82) is 0 Å². The number of hydrogen-bond acceptors (Lipinski definition) is 4. The molecule has 5 rings (SSSR count). The van der Waals surface area contributed by atoms with Crippen molar-refractivity contribution in [3.63, 3.8) is 0 Å². The molecule has 4 aromatic rings. The Kier molecular flexibility index (Phi) is 7.21. The maximum Gasteiger partial charge on any atom is 0.223 e. The largest absolute Gasteiger partial charge is 0.494 e. The number of para-hydroxylation sites is 2. The maximum atomic E-state index is 12.9. The molecule has 6 nitrogen and oxygen atoms in total. The number of fused-ring (bicyclic) bond motifs is 1. The minimum Gasteiger partial charge on any atom is -0.494 e.